The van der Waals surface area contributed by atoms with E-state index in [9.17, 15) is 0 Å². The third-order valence-electron chi connectivity index (χ3n) is 3.00. The molecule has 0 bridgehead atoms. The van der Waals surface area contributed by atoms with E-state index in [0.717, 1.165) is 18.7 Å². The lowest BCUT2D eigenvalue weighted by Gasteiger charge is -2.34. The van der Waals surface area contributed by atoms with Gasteiger partial charge in [-0.15, -0.1) is 0 Å². The number of pyridine rings is 1. The maximum atomic E-state index is 4.06. The SMILES string of the molecule is [c]1ncccc1-c1ccccc1N1CCC1. The van der Waals surface area contributed by atoms with Crippen molar-refractivity contribution < 1.29 is 0 Å². The van der Waals surface area contributed by atoms with E-state index in [-0.39, 0.29) is 0 Å². The average molecular weight is 209 g/mol. The van der Waals surface area contributed by atoms with Gasteiger partial charge in [-0.05, 0) is 18.6 Å². The van der Waals surface area contributed by atoms with Gasteiger partial charge >= 0.3 is 0 Å². The van der Waals surface area contributed by atoms with Gasteiger partial charge in [0.1, 0.15) is 0 Å². The highest BCUT2D eigenvalue weighted by Gasteiger charge is 2.17. The zero-order chi connectivity index (χ0) is 10.8. The lowest BCUT2D eigenvalue weighted by Crippen LogP contribution is -2.37. The Bertz CT molecular complexity index is 475. The number of benzene rings is 1. The second-order valence-corrected chi connectivity index (χ2v) is 4.02. The lowest BCUT2D eigenvalue weighted by molar-refractivity contribution is 0.618. The Kier molecular flexibility index (Phi) is 2.33. The summed E-state index contributed by atoms with van der Waals surface area (Å²) in [5.41, 5.74) is 3.61. The molecule has 1 aromatic carbocycles. The van der Waals surface area contributed by atoms with E-state index in [2.05, 4.69) is 46.4 Å². The molecule has 79 valence electrons. The second-order valence-electron chi connectivity index (χ2n) is 4.02. The molecule has 3 rings (SSSR count). The molecule has 0 atom stereocenters. The second kappa shape index (κ2) is 3.97. The molecule has 1 aliphatic rings. The minimum Gasteiger partial charge on any atom is -0.371 e. The fourth-order valence-corrected chi connectivity index (χ4v) is 2.01. The van der Waals surface area contributed by atoms with E-state index in [1.807, 2.05) is 6.07 Å². The number of para-hydroxylation sites is 1. The summed E-state index contributed by atoms with van der Waals surface area (Å²) in [6, 6.07) is 12.5. The molecule has 1 aliphatic heterocycles. The van der Waals surface area contributed by atoms with Crippen molar-refractivity contribution in [2.45, 2.75) is 6.42 Å². The van der Waals surface area contributed by atoms with Crippen molar-refractivity contribution in [3.8, 4) is 11.1 Å². The number of nitrogens with zero attached hydrogens (tertiary/aromatic N) is 2. The zero-order valence-electron chi connectivity index (χ0n) is 9.06. The Balaban J connectivity index is 2.06. The van der Waals surface area contributed by atoms with Crippen molar-refractivity contribution in [2.24, 2.45) is 0 Å². The maximum absolute atomic E-state index is 4.06. The Labute approximate surface area is 95.6 Å². The standard InChI is InChI=1S/C14H13N2/c1-2-7-14(16-9-4-10-16)13(6-1)12-5-3-8-15-11-12/h1-3,5-8H,4,9-10H2. The Morgan fingerprint density at radius 2 is 1.94 bits per heavy atom. The molecule has 0 amide bonds. The van der Waals surface area contributed by atoms with Gasteiger partial charge in [0.2, 0.25) is 0 Å². The molecule has 2 aromatic rings. The molecule has 1 saturated heterocycles. The van der Waals surface area contributed by atoms with Crippen LogP contribution in [0.15, 0.2) is 42.6 Å². The third kappa shape index (κ3) is 1.56. The quantitative estimate of drug-likeness (QED) is 0.756. The molecular formula is C14H13N2. The number of rotatable bonds is 2. The average Bonchev–Trinajstić information content (AvgIpc) is 2.29. The van der Waals surface area contributed by atoms with Gasteiger partial charge in [-0.1, -0.05) is 24.3 Å². The van der Waals surface area contributed by atoms with E-state index < -0.39 is 0 Å². The van der Waals surface area contributed by atoms with E-state index in [1.54, 1.807) is 6.20 Å². The molecule has 2 heteroatoms. The van der Waals surface area contributed by atoms with Crippen LogP contribution in [0.5, 0.6) is 0 Å². The highest BCUT2D eigenvalue weighted by molar-refractivity contribution is 5.78. The Hall–Kier alpha value is -1.83. The first-order valence-corrected chi connectivity index (χ1v) is 5.62. The van der Waals surface area contributed by atoms with Crippen molar-refractivity contribution in [1.29, 1.82) is 0 Å². The minimum absolute atomic E-state index is 1.07. The molecule has 0 N–H and O–H groups in total. The van der Waals surface area contributed by atoms with Crippen molar-refractivity contribution >= 4 is 5.69 Å². The first kappa shape index (κ1) is 9.40. The molecule has 0 aliphatic carbocycles. The molecule has 2 nitrogen and oxygen atoms in total. The van der Waals surface area contributed by atoms with E-state index >= 15 is 0 Å². The summed E-state index contributed by atoms with van der Waals surface area (Å²) in [6.45, 7) is 2.33. The van der Waals surface area contributed by atoms with E-state index in [1.165, 1.54) is 17.7 Å². The summed E-state index contributed by atoms with van der Waals surface area (Å²) < 4.78 is 0. The summed E-state index contributed by atoms with van der Waals surface area (Å²) >= 11 is 0. The molecule has 0 unspecified atom stereocenters. The lowest BCUT2D eigenvalue weighted by atomic mass is 10.0. The molecule has 0 saturated carbocycles. The van der Waals surface area contributed by atoms with Crippen LogP contribution in [0.2, 0.25) is 0 Å². The van der Waals surface area contributed by atoms with E-state index in [0.29, 0.717) is 0 Å². The van der Waals surface area contributed by atoms with Crippen LogP contribution < -0.4 is 4.90 Å². The van der Waals surface area contributed by atoms with Gasteiger partial charge in [-0.25, -0.2) is 0 Å². The number of hydrogen-bond acceptors (Lipinski definition) is 2. The minimum atomic E-state index is 1.07. The van der Waals surface area contributed by atoms with Crippen LogP contribution in [0, 0.1) is 6.20 Å². The van der Waals surface area contributed by atoms with Crippen LogP contribution in [0.1, 0.15) is 6.42 Å². The normalized spacial score (nSPS) is 14.6. The molecule has 1 radical (unpaired) electrons. The largest absolute Gasteiger partial charge is 0.371 e. The van der Waals surface area contributed by atoms with Crippen molar-refractivity contribution in [3.63, 3.8) is 0 Å². The Morgan fingerprint density at radius 3 is 2.62 bits per heavy atom. The van der Waals surface area contributed by atoms with Gasteiger partial charge in [-0.2, -0.15) is 0 Å². The summed E-state index contributed by atoms with van der Waals surface area (Å²) in [5.74, 6) is 0. The molecule has 2 heterocycles. The number of aromatic nitrogens is 1. The number of anilines is 1. The first-order valence-electron chi connectivity index (χ1n) is 5.62. The predicted molar refractivity (Wildman–Crippen MR) is 65.3 cm³/mol. The van der Waals surface area contributed by atoms with Crippen LogP contribution in [0.3, 0.4) is 0 Å². The van der Waals surface area contributed by atoms with Crippen molar-refractivity contribution in [1.82, 2.24) is 4.98 Å². The van der Waals surface area contributed by atoms with Crippen LogP contribution in [-0.4, -0.2) is 18.1 Å². The molecule has 16 heavy (non-hydrogen) atoms. The van der Waals surface area contributed by atoms with Gasteiger partial charge in [0.25, 0.3) is 0 Å². The Morgan fingerprint density at radius 1 is 1.06 bits per heavy atom. The van der Waals surface area contributed by atoms with Gasteiger partial charge in [-0.3, -0.25) is 4.98 Å². The molecule has 1 fully saturated rings. The van der Waals surface area contributed by atoms with Crippen molar-refractivity contribution in [2.75, 3.05) is 18.0 Å². The predicted octanol–water partition coefficient (Wildman–Crippen LogP) is 2.76. The van der Waals surface area contributed by atoms with Gasteiger partial charge in [0.15, 0.2) is 0 Å². The summed E-state index contributed by atoms with van der Waals surface area (Å²) in [4.78, 5) is 6.46. The van der Waals surface area contributed by atoms with Gasteiger partial charge in [0.05, 0.1) is 6.20 Å². The first-order chi connectivity index (χ1) is 7.95. The number of hydrogen-bond donors (Lipinski definition) is 0. The highest BCUT2D eigenvalue weighted by Crippen LogP contribution is 2.32. The van der Waals surface area contributed by atoms with Gasteiger partial charge in [0, 0.05) is 36.1 Å². The fourth-order valence-electron chi connectivity index (χ4n) is 2.01. The summed E-state index contributed by atoms with van der Waals surface area (Å²) in [6.07, 6.45) is 6.11. The fraction of sp³-hybridized carbons (Fsp3) is 0.214. The summed E-state index contributed by atoms with van der Waals surface area (Å²) in [5, 5.41) is 0. The molecule has 1 aromatic heterocycles. The summed E-state index contributed by atoms with van der Waals surface area (Å²) in [7, 11) is 0. The molecule has 0 spiro atoms. The van der Waals surface area contributed by atoms with Crippen LogP contribution in [0.4, 0.5) is 5.69 Å². The molecular weight excluding hydrogens is 196 g/mol. The highest BCUT2D eigenvalue weighted by atomic mass is 15.2. The van der Waals surface area contributed by atoms with E-state index in [4.69, 9.17) is 0 Å². The van der Waals surface area contributed by atoms with Crippen molar-refractivity contribution in [3.05, 3.63) is 48.8 Å². The topological polar surface area (TPSA) is 16.1 Å². The zero-order valence-corrected chi connectivity index (χ0v) is 9.06. The van der Waals surface area contributed by atoms with Gasteiger partial charge < -0.3 is 4.90 Å². The monoisotopic (exact) mass is 209 g/mol. The third-order valence-corrected chi connectivity index (χ3v) is 3.00. The van der Waals surface area contributed by atoms with Crippen LogP contribution in [-0.2, 0) is 0 Å². The van der Waals surface area contributed by atoms with Crippen LogP contribution in [0.25, 0.3) is 11.1 Å². The maximum Gasteiger partial charge on any atom is 0.0971 e. The van der Waals surface area contributed by atoms with Crippen LogP contribution >= 0.6 is 0 Å². The smallest absolute Gasteiger partial charge is 0.0971 e.